The molecule has 1 aliphatic rings. The van der Waals surface area contributed by atoms with E-state index in [9.17, 15) is 19.5 Å². The van der Waals surface area contributed by atoms with Gasteiger partial charge in [0.2, 0.25) is 11.3 Å². The summed E-state index contributed by atoms with van der Waals surface area (Å²) in [4.78, 5) is 42.6. The lowest BCUT2D eigenvalue weighted by atomic mass is 9.98. The average Bonchev–Trinajstić information content (AvgIpc) is 2.80. The molecule has 0 atom stereocenters. The van der Waals surface area contributed by atoms with Crippen molar-refractivity contribution in [2.45, 2.75) is 53.3 Å². The lowest BCUT2D eigenvalue weighted by Gasteiger charge is -2.37. The molecular weight excluding hydrogens is 436 g/mol. The van der Waals surface area contributed by atoms with Gasteiger partial charge in [-0.25, -0.2) is 9.99 Å². The number of nitrogens with two attached hydrogens (primary N) is 1. The fourth-order valence-electron chi connectivity index (χ4n) is 4.03. The van der Waals surface area contributed by atoms with E-state index in [1.165, 1.54) is 11.1 Å². The number of anilines is 2. The Labute approximate surface area is 198 Å². The van der Waals surface area contributed by atoms with Gasteiger partial charge in [0.1, 0.15) is 11.5 Å². The number of carbonyl (C=O) groups is 2. The predicted octanol–water partition coefficient (Wildman–Crippen LogP) is 1.25. The number of amides is 2. The molecule has 34 heavy (non-hydrogen) atoms. The van der Waals surface area contributed by atoms with Gasteiger partial charge in [0, 0.05) is 50.7 Å². The number of hydrazine groups is 1. The lowest BCUT2D eigenvalue weighted by molar-refractivity contribution is -0.130. The van der Waals surface area contributed by atoms with Crippen LogP contribution in [0.1, 0.15) is 43.5 Å². The SMILES string of the molecule is CCn1ccc(=O)c(N(C)N2CCC(C)=C(CC(=O)NCc3c(C)cc(N)nc3CO)C2=O)c1. The van der Waals surface area contributed by atoms with Crippen LogP contribution in [0.15, 0.2) is 40.5 Å². The third-order valence-corrected chi connectivity index (χ3v) is 6.14. The third-order valence-electron chi connectivity index (χ3n) is 6.14. The van der Waals surface area contributed by atoms with Crippen molar-refractivity contribution >= 4 is 23.3 Å². The summed E-state index contributed by atoms with van der Waals surface area (Å²) in [5.74, 6) is -0.312. The van der Waals surface area contributed by atoms with Gasteiger partial charge in [-0.05, 0) is 44.4 Å². The van der Waals surface area contributed by atoms with E-state index in [1.807, 2.05) is 25.3 Å². The Morgan fingerprint density at radius 2 is 2.06 bits per heavy atom. The molecule has 0 bridgehead atoms. The van der Waals surface area contributed by atoms with Crippen LogP contribution >= 0.6 is 0 Å². The van der Waals surface area contributed by atoms with E-state index in [4.69, 9.17) is 5.73 Å². The van der Waals surface area contributed by atoms with Gasteiger partial charge in [-0.2, -0.15) is 0 Å². The molecule has 4 N–H and O–H groups in total. The highest BCUT2D eigenvalue weighted by atomic mass is 16.3. The van der Waals surface area contributed by atoms with E-state index in [-0.39, 0.29) is 36.8 Å². The van der Waals surface area contributed by atoms with Gasteiger partial charge in [0.25, 0.3) is 5.91 Å². The van der Waals surface area contributed by atoms with Crippen LogP contribution in [0.5, 0.6) is 0 Å². The number of aromatic nitrogens is 2. The molecule has 0 saturated heterocycles. The highest BCUT2D eigenvalue weighted by Crippen LogP contribution is 2.24. The van der Waals surface area contributed by atoms with Crippen LogP contribution in [0.4, 0.5) is 11.5 Å². The second-order valence-electron chi connectivity index (χ2n) is 8.39. The number of hydrogen-bond acceptors (Lipinski definition) is 7. The number of carbonyl (C=O) groups excluding carboxylic acids is 2. The monoisotopic (exact) mass is 468 g/mol. The molecule has 2 amide bonds. The number of nitrogens with zero attached hydrogens (tertiary/aromatic N) is 4. The Morgan fingerprint density at radius 3 is 2.74 bits per heavy atom. The van der Waals surface area contributed by atoms with Gasteiger partial charge in [0.15, 0.2) is 0 Å². The van der Waals surface area contributed by atoms with Crippen molar-refractivity contribution in [2.24, 2.45) is 0 Å². The van der Waals surface area contributed by atoms with Crippen LogP contribution < -0.4 is 21.5 Å². The van der Waals surface area contributed by atoms with Crippen molar-refractivity contribution in [3.8, 4) is 0 Å². The minimum atomic E-state index is -0.319. The van der Waals surface area contributed by atoms with E-state index < -0.39 is 0 Å². The number of rotatable bonds is 8. The van der Waals surface area contributed by atoms with Crippen LogP contribution in [0.25, 0.3) is 0 Å². The molecule has 2 aromatic rings. The van der Waals surface area contributed by atoms with Crippen molar-refractivity contribution < 1.29 is 14.7 Å². The topological polar surface area (TPSA) is 134 Å². The average molecular weight is 469 g/mol. The smallest absolute Gasteiger partial charge is 0.268 e. The molecule has 2 aromatic heterocycles. The molecule has 0 unspecified atom stereocenters. The highest BCUT2D eigenvalue weighted by Gasteiger charge is 2.30. The molecule has 3 rings (SSSR count). The largest absolute Gasteiger partial charge is 0.390 e. The number of nitrogens with one attached hydrogen (secondary N) is 1. The molecule has 0 aromatic carbocycles. The Balaban J connectivity index is 1.73. The van der Waals surface area contributed by atoms with Crippen molar-refractivity contribution in [2.75, 3.05) is 24.3 Å². The van der Waals surface area contributed by atoms with Crippen molar-refractivity contribution in [3.63, 3.8) is 0 Å². The summed E-state index contributed by atoms with van der Waals surface area (Å²) in [5, 5.41) is 15.5. The first kappa shape index (κ1) is 25.0. The lowest BCUT2D eigenvalue weighted by Crippen LogP contribution is -2.49. The summed E-state index contributed by atoms with van der Waals surface area (Å²) in [5.41, 5.74) is 9.14. The molecule has 0 aliphatic carbocycles. The number of nitrogen functional groups attached to an aromatic ring is 1. The summed E-state index contributed by atoms with van der Waals surface area (Å²) in [6.45, 7) is 6.64. The summed E-state index contributed by atoms with van der Waals surface area (Å²) < 4.78 is 1.87. The van der Waals surface area contributed by atoms with Crippen LogP contribution in [-0.2, 0) is 29.3 Å². The van der Waals surface area contributed by atoms with Crippen molar-refractivity contribution in [1.82, 2.24) is 19.9 Å². The molecule has 1 aliphatic heterocycles. The first-order valence-electron chi connectivity index (χ1n) is 11.2. The number of pyridine rings is 2. The molecule has 0 spiro atoms. The van der Waals surface area contributed by atoms with Crippen LogP contribution in [-0.4, -0.2) is 45.1 Å². The van der Waals surface area contributed by atoms with Gasteiger partial charge in [-0.1, -0.05) is 5.57 Å². The minimum Gasteiger partial charge on any atom is -0.390 e. The van der Waals surface area contributed by atoms with Gasteiger partial charge >= 0.3 is 0 Å². The number of hydrogen-bond donors (Lipinski definition) is 3. The maximum absolute atomic E-state index is 13.3. The van der Waals surface area contributed by atoms with Gasteiger partial charge in [-0.15, -0.1) is 0 Å². The van der Waals surface area contributed by atoms with Crippen LogP contribution in [0.2, 0.25) is 0 Å². The maximum atomic E-state index is 13.3. The van der Waals surface area contributed by atoms with Crippen molar-refractivity contribution in [1.29, 1.82) is 0 Å². The Kier molecular flexibility index (Phi) is 7.72. The zero-order chi connectivity index (χ0) is 25.0. The van der Waals surface area contributed by atoms with Crippen LogP contribution in [0, 0.1) is 6.92 Å². The summed E-state index contributed by atoms with van der Waals surface area (Å²) in [7, 11) is 1.68. The van der Waals surface area contributed by atoms with E-state index in [1.54, 1.807) is 30.5 Å². The number of aryl methyl sites for hydroxylation is 2. The van der Waals surface area contributed by atoms with Crippen molar-refractivity contribution in [3.05, 3.63) is 62.7 Å². The summed E-state index contributed by atoms with van der Waals surface area (Å²) in [6.07, 6.45) is 3.94. The molecule has 0 saturated carbocycles. The van der Waals surface area contributed by atoms with E-state index >= 15 is 0 Å². The molecule has 0 radical (unpaired) electrons. The van der Waals surface area contributed by atoms with E-state index in [0.717, 1.165) is 11.1 Å². The molecule has 10 nitrogen and oxygen atoms in total. The van der Waals surface area contributed by atoms with Gasteiger partial charge in [-0.3, -0.25) is 19.4 Å². The predicted molar refractivity (Wildman–Crippen MR) is 130 cm³/mol. The summed E-state index contributed by atoms with van der Waals surface area (Å²) >= 11 is 0. The molecular formula is C24H32N6O4. The van der Waals surface area contributed by atoms with Gasteiger partial charge in [0.05, 0.1) is 18.7 Å². The Bertz CT molecular complexity index is 1190. The molecule has 10 heteroatoms. The second kappa shape index (κ2) is 10.5. The third kappa shape index (κ3) is 5.28. The fourth-order valence-corrected chi connectivity index (χ4v) is 4.03. The quantitative estimate of drug-likeness (QED) is 0.531. The van der Waals surface area contributed by atoms with Gasteiger partial charge < -0.3 is 20.7 Å². The fraction of sp³-hybridized carbons (Fsp3) is 0.417. The molecule has 3 heterocycles. The standard InChI is InChI=1S/C24H32N6O4/c1-5-29-8-7-21(32)20(13-29)28(4)30-9-6-15(2)17(24(30)34)11-23(33)26-12-18-16(3)10-22(25)27-19(18)14-31/h7-8,10,13,31H,5-6,9,11-12,14H2,1-4H3,(H2,25,27)(H,26,33). The Morgan fingerprint density at radius 1 is 1.32 bits per heavy atom. The highest BCUT2D eigenvalue weighted by molar-refractivity contribution is 6.00. The van der Waals surface area contributed by atoms with E-state index in [0.29, 0.717) is 47.8 Å². The Hall–Kier alpha value is -3.66. The minimum absolute atomic E-state index is 0.0844. The molecule has 0 fully saturated rings. The number of aliphatic hydroxyl groups is 1. The maximum Gasteiger partial charge on any atom is 0.268 e. The van der Waals surface area contributed by atoms with Crippen LogP contribution in [0.3, 0.4) is 0 Å². The number of aliphatic hydroxyl groups excluding tert-OH is 1. The summed E-state index contributed by atoms with van der Waals surface area (Å²) in [6, 6.07) is 3.16. The van der Waals surface area contributed by atoms with E-state index in [2.05, 4.69) is 10.3 Å². The zero-order valence-corrected chi connectivity index (χ0v) is 20.1. The zero-order valence-electron chi connectivity index (χ0n) is 20.1. The molecule has 182 valence electrons. The first-order chi connectivity index (χ1) is 16.2. The second-order valence-corrected chi connectivity index (χ2v) is 8.39. The normalized spacial score (nSPS) is 13.9. The first-order valence-corrected chi connectivity index (χ1v) is 11.2.